The molecule has 5 heteroatoms. The monoisotopic (exact) mass is 448 g/mol. The number of H-pyrrole nitrogens is 1. The molecule has 2 aromatic rings. The summed E-state index contributed by atoms with van der Waals surface area (Å²) in [4.78, 5) is 21.4. The minimum absolute atomic E-state index is 0.01000. The van der Waals surface area contributed by atoms with Gasteiger partial charge in [0.2, 0.25) is 0 Å². The Morgan fingerprint density at radius 2 is 1.61 bits per heavy atom. The second-order valence-corrected chi connectivity index (χ2v) is 11.2. The van der Waals surface area contributed by atoms with E-state index in [4.69, 9.17) is 14.5 Å². The Hall–Kier alpha value is -2.14. The summed E-state index contributed by atoms with van der Waals surface area (Å²) in [5.74, 6) is 3.53. The SMILES string of the molecule is O=C(OCc1ccccc1)c1nc(C2CCCCC2)[nH]c1COC12CC3CC(CC(C3)C1)C2. The highest BCUT2D eigenvalue weighted by molar-refractivity contribution is 5.88. The Morgan fingerprint density at radius 3 is 2.27 bits per heavy atom. The van der Waals surface area contributed by atoms with Crippen LogP contribution in [0.3, 0.4) is 0 Å². The van der Waals surface area contributed by atoms with E-state index in [9.17, 15) is 4.79 Å². The first-order chi connectivity index (χ1) is 16.2. The Morgan fingerprint density at radius 1 is 0.939 bits per heavy atom. The summed E-state index contributed by atoms with van der Waals surface area (Å²) < 4.78 is 12.4. The fourth-order valence-electron chi connectivity index (χ4n) is 7.50. The van der Waals surface area contributed by atoms with Gasteiger partial charge in [0.1, 0.15) is 12.4 Å². The van der Waals surface area contributed by atoms with Crippen molar-refractivity contribution in [3.63, 3.8) is 0 Å². The van der Waals surface area contributed by atoms with Gasteiger partial charge in [-0.2, -0.15) is 0 Å². The number of ether oxygens (including phenoxy) is 2. The molecule has 33 heavy (non-hydrogen) atoms. The van der Waals surface area contributed by atoms with E-state index >= 15 is 0 Å². The number of nitrogens with one attached hydrogen (secondary N) is 1. The van der Waals surface area contributed by atoms with E-state index < -0.39 is 0 Å². The maximum atomic E-state index is 13.1. The molecule has 5 nitrogen and oxygen atoms in total. The number of benzene rings is 1. The number of carbonyl (C=O) groups is 1. The van der Waals surface area contributed by atoms with Gasteiger partial charge in [-0.1, -0.05) is 49.6 Å². The highest BCUT2D eigenvalue weighted by Crippen LogP contribution is 2.57. The Bertz CT molecular complexity index is 941. The van der Waals surface area contributed by atoms with Gasteiger partial charge >= 0.3 is 5.97 Å². The largest absolute Gasteiger partial charge is 0.456 e. The number of imidazole rings is 1. The number of aromatic nitrogens is 2. The minimum atomic E-state index is -0.346. The molecule has 0 amide bonds. The van der Waals surface area contributed by atoms with Gasteiger partial charge < -0.3 is 14.5 Å². The predicted octanol–water partition coefficient (Wildman–Crippen LogP) is 6.30. The van der Waals surface area contributed by atoms with Gasteiger partial charge in [-0.3, -0.25) is 0 Å². The van der Waals surface area contributed by atoms with Crippen LogP contribution in [0.4, 0.5) is 0 Å². The van der Waals surface area contributed by atoms with Gasteiger partial charge in [-0.15, -0.1) is 0 Å². The molecule has 0 spiro atoms. The van der Waals surface area contributed by atoms with Crippen LogP contribution in [0.25, 0.3) is 0 Å². The van der Waals surface area contributed by atoms with Gasteiger partial charge in [-0.05, 0) is 74.7 Å². The lowest BCUT2D eigenvalue weighted by Gasteiger charge is -2.56. The number of hydrogen-bond donors (Lipinski definition) is 1. The van der Waals surface area contributed by atoms with Crippen LogP contribution in [0, 0.1) is 17.8 Å². The maximum Gasteiger partial charge on any atom is 0.359 e. The van der Waals surface area contributed by atoms with Crippen molar-refractivity contribution in [3.8, 4) is 0 Å². The molecule has 5 fully saturated rings. The van der Waals surface area contributed by atoms with E-state index in [1.54, 1.807) is 0 Å². The molecule has 5 saturated carbocycles. The highest BCUT2D eigenvalue weighted by atomic mass is 16.5. The number of esters is 1. The standard InChI is InChI=1S/C28H36N2O3/c31-27(32-17-19-7-3-1-4-8-19)25-24(29-26(30-25)23-9-5-2-6-10-23)18-33-28-14-20-11-21(15-28)13-22(12-20)16-28/h1,3-4,7-8,20-23H,2,5-6,9-18H2,(H,29,30). The molecule has 5 aliphatic rings. The summed E-state index contributed by atoms with van der Waals surface area (Å²) in [7, 11) is 0. The molecule has 1 aromatic carbocycles. The number of nitrogens with zero attached hydrogens (tertiary/aromatic N) is 1. The molecule has 7 rings (SSSR count). The highest BCUT2D eigenvalue weighted by Gasteiger charge is 2.51. The molecule has 0 aliphatic heterocycles. The Kier molecular flexibility index (Phi) is 5.77. The van der Waals surface area contributed by atoms with Crippen molar-refractivity contribution >= 4 is 5.97 Å². The average molecular weight is 449 g/mol. The van der Waals surface area contributed by atoms with Gasteiger partial charge in [-0.25, -0.2) is 9.78 Å². The summed E-state index contributed by atoms with van der Waals surface area (Å²) in [5, 5.41) is 0. The molecule has 0 radical (unpaired) electrons. The van der Waals surface area contributed by atoms with Crippen molar-refractivity contribution < 1.29 is 14.3 Å². The summed E-state index contributed by atoms with van der Waals surface area (Å²) in [6, 6.07) is 9.84. The molecule has 0 saturated heterocycles. The Labute approximate surface area is 196 Å². The first kappa shape index (κ1) is 21.4. The first-order valence-electron chi connectivity index (χ1n) is 13.1. The van der Waals surface area contributed by atoms with E-state index in [1.807, 2.05) is 30.3 Å². The van der Waals surface area contributed by atoms with Crippen LogP contribution in [0.5, 0.6) is 0 Å². The molecule has 1 aromatic heterocycles. The summed E-state index contributed by atoms with van der Waals surface area (Å²) in [5.41, 5.74) is 2.23. The van der Waals surface area contributed by atoms with Crippen molar-refractivity contribution in [2.24, 2.45) is 17.8 Å². The van der Waals surface area contributed by atoms with Gasteiger partial charge in [0.15, 0.2) is 5.69 Å². The van der Waals surface area contributed by atoms with Crippen LogP contribution < -0.4 is 0 Å². The molecular weight excluding hydrogens is 412 g/mol. The van der Waals surface area contributed by atoms with Crippen molar-refractivity contribution in [1.29, 1.82) is 0 Å². The minimum Gasteiger partial charge on any atom is -0.456 e. The third-order valence-electron chi connectivity index (χ3n) is 8.70. The van der Waals surface area contributed by atoms with Crippen molar-refractivity contribution in [2.75, 3.05) is 0 Å². The van der Waals surface area contributed by atoms with Crippen molar-refractivity contribution in [2.45, 2.75) is 95.4 Å². The van der Waals surface area contributed by atoms with Gasteiger partial charge in [0, 0.05) is 5.92 Å². The number of rotatable bonds is 7. The van der Waals surface area contributed by atoms with Gasteiger partial charge in [0.25, 0.3) is 0 Å². The van der Waals surface area contributed by atoms with E-state index in [0.717, 1.165) is 47.7 Å². The lowest BCUT2D eigenvalue weighted by atomic mass is 9.54. The van der Waals surface area contributed by atoms with Crippen molar-refractivity contribution in [3.05, 3.63) is 53.1 Å². The van der Waals surface area contributed by atoms with Crippen LogP contribution >= 0.6 is 0 Å². The zero-order valence-electron chi connectivity index (χ0n) is 19.6. The molecule has 0 unspecified atom stereocenters. The fraction of sp³-hybridized carbons (Fsp3) is 0.643. The maximum absolute atomic E-state index is 13.1. The number of carbonyl (C=O) groups excluding carboxylic acids is 1. The average Bonchev–Trinajstić information content (AvgIpc) is 3.26. The summed E-state index contributed by atoms with van der Waals surface area (Å²) >= 11 is 0. The van der Waals surface area contributed by atoms with Crippen molar-refractivity contribution in [1.82, 2.24) is 9.97 Å². The second-order valence-electron chi connectivity index (χ2n) is 11.2. The zero-order valence-corrected chi connectivity index (χ0v) is 19.6. The van der Waals surface area contributed by atoms with E-state index in [2.05, 4.69) is 4.98 Å². The molecule has 4 bridgehead atoms. The van der Waals surface area contributed by atoms with E-state index in [-0.39, 0.29) is 18.2 Å². The molecule has 176 valence electrons. The lowest BCUT2D eigenvalue weighted by Crippen LogP contribution is -2.51. The van der Waals surface area contributed by atoms with Crippen LogP contribution in [0.1, 0.15) is 104 Å². The van der Waals surface area contributed by atoms with Crippen LogP contribution in [-0.2, 0) is 22.7 Å². The number of aromatic amines is 1. The first-order valence-corrected chi connectivity index (χ1v) is 13.1. The smallest absolute Gasteiger partial charge is 0.359 e. The zero-order chi connectivity index (χ0) is 22.3. The van der Waals surface area contributed by atoms with Crippen LogP contribution in [-0.4, -0.2) is 21.5 Å². The molecule has 1 N–H and O–H groups in total. The van der Waals surface area contributed by atoms with Crippen LogP contribution in [0.15, 0.2) is 30.3 Å². The Balaban J connectivity index is 1.20. The summed E-state index contributed by atoms with van der Waals surface area (Å²) in [6.45, 7) is 0.697. The predicted molar refractivity (Wildman–Crippen MR) is 126 cm³/mol. The van der Waals surface area contributed by atoms with E-state index in [0.29, 0.717) is 18.2 Å². The third kappa shape index (κ3) is 4.49. The number of hydrogen-bond acceptors (Lipinski definition) is 4. The third-order valence-corrected chi connectivity index (χ3v) is 8.70. The summed E-state index contributed by atoms with van der Waals surface area (Å²) in [6.07, 6.45) is 13.8. The quantitative estimate of drug-likeness (QED) is 0.505. The lowest BCUT2D eigenvalue weighted by molar-refractivity contribution is -0.169. The van der Waals surface area contributed by atoms with E-state index in [1.165, 1.54) is 57.8 Å². The van der Waals surface area contributed by atoms with Gasteiger partial charge in [0.05, 0.1) is 17.9 Å². The molecular formula is C28H36N2O3. The topological polar surface area (TPSA) is 64.2 Å². The molecule has 1 heterocycles. The van der Waals surface area contributed by atoms with Crippen LogP contribution in [0.2, 0.25) is 0 Å². The fourth-order valence-corrected chi connectivity index (χ4v) is 7.50. The molecule has 5 aliphatic carbocycles. The molecule has 0 atom stereocenters. The second kappa shape index (κ2) is 8.90. The normalized spacial score (nSPS) is 31.1.